The van der Waals surface area contributed by atoms with E-state index in [2.05, 4.69) is 27.6 Å². The van der Waals surface area contributed by atoms with Gasteiger partial charge in [0.05, 0.1) is 29.8 Å². The Kier molecular flexibility index (Phi) is 4.16. The molecular formula is C23H26N2O2. The standard InChI is InChI=1S/C23H26N2O2/c26-20-3-1-2-18(12-20)15-4-8-17(9-5-15)23(27)22-21(16-6-7-16)11-10-19-13-24-14-25(19)22/h1-3,10-17,23,26-27H,4-9H2/t15-,17-,23-/m1/s1. The zero-order valence-electron chi connectivity index (χ0n) is 15.5. The molecule has 0 bridgehead atoms. The number of aliphatic hydroxyl groups is 1. The number of aliphatic hydroxyl groups excluding tert-OH is 1. The molecule has 2 aliphatic rings. The number of aromatic nitrogens is 2. The number of phenolic OH excluding ortho intramolecular Hbond substituents is 1. The molecule has 0 radical (unpaired) electrons. The molecule has 4 heteroatoms. The van der Waals surface area contributed by atoms with Crippen LogP contribution in [0.3, 0.4) is 0 Å². The van der Waals surface area contributed by atoms with Crippen molar-refractivity contribution in [2.24, 2.45) is 5.92 Å². The minimum Gasteiger partial charge on any atom is -0.508 e. The summed E-state index contributed by atoms with van der Waals surface area (Å²) in [4.78, 5) is 4.30. The first-order chi connectivity index (χ1) is 13.2. The quantitative estimate of drug-likeness (QED) is 0.692. The van der Waals surface area contributed by atoms with Crippen molar-refractivity contribution in [3.05, 3.63) is 65.7 Å². The third kappa shape index (κ3) is 3.12. The minimum atomic E-state index is -0.441. The number of benzene rings is 1. The maximum absolute atomic E-state index is 11.3. The van der Waals surface area contributed by atoms with E-state index < -0.39 is 6.10 Å². The number of hydrogen-bond acceptors (Lipinski definition) is 3. The van der Waals surface area contributed by atoms with E-state index in [1.165, 1.54) is 24.0 Å². The van der Waals surface area contributed by atoms with Crippen LogP contribution in [0.1, 0.15) is 73.3 Å². The highest BCUT2D eigenvalue weighted by atomic mass is 16.3. The Labute approximate surface area is 159 Å². The lowest BCUT2D eigenvalue weighted by Gasteiger charge is -2.33. The molecule has 140 valence electrons. The van der Waals surface area contributed by atoms with E-state index in [9.17, 15) is 10.2 Å². The summed E-state index contributed by atoms with van der Waals surface area (Å²) in [6.45, 7) is 0. The number of imidazole rings is 1. The third-order valence-electron chi connectivity index (χ3n) is 6.51. The van der Waals surface area contributed by atoms with Crippen molar-refractivity contribution in [3.8, 4) is 5.75 Å². The zero-order chi connectivity index (χ0) is 18.4. The van der Waals surface area contributed by atoms with Gasteiger partial charge in [-0.2, -0.15) is 0 Å². The van der Waals surface area contributed by atoms with Gasteiger partial charge in [0.25, 0.3) is 0 Å². The van der Waals surface area contributed by atoms with Crippen molar-refractivity contribution in [2.75, 3.05) is 0 Å². The average Bonchev–Trinajstić information content (AvgIpc) is 3.43. The van der Waals surface area contributed by atoms with Gasteiger partial charge in [0.1, 0.15) is 5.75 Å². The second-order valence-corrected chi connectivity index (χ2v) is 8.29. The van der Waals surface area contributed by atoms with E-state index in [4.69, 9.17) is 0 Å². The lowest BCUT2D eigenvalue weighted by Crippen LogP contribution is -2.22. The number of nitrogens with zero attached hydrogens (tertiary/aromatic N) is 2. The number of rotatable bonds is 4. The Bertz CT molecular complexity index is 952. The van der Waals surface area contributed by atoms with Gasteiger partial charge in [0.15, 0.2) is 0 Å². The summed E-state index contributed by atoms with van der Waals surface area (Å²) in [5.41, 5.74) is 4.65. The molecule has 2 fully saturated rings. The molecule has 2 saturated carbocycles. The molecular weight excluding hydrogens is 336 g/mol. The van der Waals surface area contributed by atoms with E-state index in [1.807, 2.05) is 24.7 Å². The van der Waals surface area contributed by atoms with Gasteiger partial charge in [-0.05, 0) is 85.6 Å². The Hall–Kier alpha value is -2.33. The van der Waals surface area contributed by atoms with Gasteiger partial charge in [0.2, 0.25) is 0 Å². The van der Waals surface area contributed by atoms with Gasteiger partial charge in [-0.15, -0.1) is 0 Å². The maximum atomic E-state index is 11.3. The first-order valence-corrected chi connectivity index (χ1v) is 10.1. The maximum Gasteiger partial charge on any atom is 0.115 e. The molecule has 2 aromatic heterocycles. The summed E-state index contributed by atoms with van der Waals surface area (Å²) < 4.78 is 2.10. The van der Waals surface area contributed by atoms with Crippen LogP contribution in [0.25, 0.3) is 5.52 Å². The monoisotopic (exact) mass is 362 g/mol. The molecule has 5 rings (SSSR count). The normalized spacial score (nSPS) is 24.2. The first-order valence-electron chi connectivity index (χ1n) is 10.1. The van der Waals surface area contributed by atoms with Crippen LogP contribution in [0.5, 0.6) is 5.75 Å². The van der Waals surface area contributed by atoms with Crippen LogP contribution in [0, 0.1) is 5.92 Å². The molecule has 2 N–H and O–H groups in total. The molecule has 0 aliphatic heterocycles. The van der Waals surface area contributed by atoms with Gasteiger partial charge in [0, 0.05) is 0 Å². The highest BCUT2D eigenvalue weighted by Gasteiger charge is 2.34. The number of aromatic hydroxyl groups is 1. The van der Waals surface area contributed by atoms with Crippen LogP contribution in [-0.4, -0.2) is 19.6 Å². The van der Waals surface area contributed by atoms with Gasteiger partial charge >= 0.3 is 0 Å². The van der Waals surface area contributed by atoms with Crippen molar-refractivity contribution in [2.45, 2.75) is 56.5 Å². The van der Waals surface area contributed by atoms with E-state index in [-0.39, 0.29) is 5.92 Å². The highest BCUT2D eigenvalue weighted by Crippen LogP contribution is 2.47. The molecule has 4 nitrogen and oxygen atoms in total. The van der Waals surface area contributed by atoms with E-state index >= 15 is 0 Å². The second kappa shape index (κ2) is 6.68. The van der Waals surface area contributed by atoms with Crippen LogP contribution in [0.15, 0.2) is 48.9 Å². The van der Waals surface area contributed by atoms with Gasteiger partial charge in [-0.25, -0.2) is 4.98 Å². The molecule has 0 saturated heterocycles. The molecule has 0 spiro atoms. The number of pyridine rings is 1. The summed E-state index contributed by atoms with van der Waals surface area (Å²) in [5, 5.41) is 21.1. The van der Waals surface area contributed by atoms with Crippen LogP contribution in [-0.2, 0) is 0 Å². The summed E-state index contributed by atoms with van der Waals surface area (Å²) >= 11 is 0. The van der Waals surface area contributed by atoms with Crippen molar-refractivity contribution < 1.29 is 10.2 Å². The zero-order valence-corrected chi connectivity index (χ0v) is 15.5. The fourth-order valence-corrected chi connectivity index (χ4v) is 4.85. The molecule has 27 heavy (non-hydrogen) atoms. The molecule has 3 aromatic rings. The highest BCUT2D eigenvalue weighted by molar-refractivity contribution is 5.50. The summed E-state index contributed by atoms with van der Waals surface area (Å²) in [6, 6.07) is 12.0. The average molecular weight is 362 g/mol. The SMILES string of the molecule is Oc1cccc([C@H]2CC[C@H]([C@@H](O)c3c(C4CC4)ccc4cncn34)CC2)c1. The van der Waals surface area contributed by atoms with Crippen molar-refractivity contribution >= 4 is 5.52 Å². The lowest BCUT2D eigenvalue weighted by atomic mass is 9.75. The van der Waals surface area contributed by atoms with Gasteiger partial charge < -0.3 is 14.6 Å². The van der Waals surface area contributed by atoms with Crippen LogP contribution >= 0.6 is 0 Å². The van der Waals surface area contributed by atoms with Gasteiger partial charge in [-0.3, -0.25) is 0 Å². The van der Waals surface area contributed by atoms with Crippen LogP contribution in [0.2, 0.25) is 0 Å². The fraction of sp³-hybridized carbons (Fsp3) is 0.435. The first kappa shape index (κ1) is 16.8. The third-order valence-corrected chi connectivity index (χ3v) is 6.51. The predicted molar refractivity (Wildman–Crippen MR) is 105 cm³/mol. The summed E-state index contributed by atoms with van der Waals surface area (Å²) in [6.07, 6.45) is 9.86. The molecule has 2 aliphatic carbocycles. The number of phenols is 1. The smallest absolute Gasteiger partial charge is 0.115 e. The molecule has 0 amide bonds. The Morgan fingerprint density at radius 1 is 0.963 bits per heavy atom. The predicted octanol–water partition coefficient (Wildman–Crippen LogP) is 4.92. The number of hydrogen-bond donors (Lipinski definition) is 2. The van der Waals surface area contributed by atoms with Crippen LogP contribution in [0.4, 0.5) is 0 Å². The summed E-state index contributed by atoms with van der Waals surface area (Å²) in [5.74, 6) is 1.71. The fourth-order valence-electron chi connectivity index (χ4n) is 4.85. The largest absolute Gasteiger partial charge is 0.508 e. The second-order valence-electron chi connectivity index (χ2n) is 8.29. The lowest BCUT2D eigenvalue weighted by molar-refractivity contribution is 0.0754. The van der Waals surface area contributed by atoms with E-state index in [0.717, 1.165) is 36.9 Å². The van der Waals surface area contributed by atoms with Crippen molar-refractivity contribution in [1.82, 2.24) is 9.38 Å². The molecule has 1 aromatic carbocycles. The Morgan fingerprint density at radius 3 is 2.48 bits per heavy atom. The number of fused-ring (bicyclic) bond motifs is 1. The summed E-state index contributed by atoms with van der Waals surface area (Å²) in [7, 11) is 0. The van der Waals surface area contributed by atoms with Crippen LogP contribution < -0.4 is 0 Å². The Morgan fingerprint density at radius 2 is 1.74 bits per heavy atom. The molecule has 0 unspecified atom stereocenters. The van der Waals surface area contributed by atoms with E-state index in [0.29, 0.717) is 17.6 Å². The van der Waals surface area contributed by atoms with Crippen molar-refractivity contribution in [3.63, 3.8) is 0 Å². The van der Waals surface area contributed by atoms with E-state index in [1.54, 1.807) is 6.07 Å². The molecule has 2 heterocycles. The Balaban J connectivity index is 1.38. The molecule has 1 atom stereocenters. The van der Waals surface area contributed by atoms with Crippen molar-refractivity contribution in [1.29, 1.82) is 0 Å². The minimum absolute atomic E-state index is 0.282. The topological polar surface area (TPSA) is 57.8 Å². The van der Waals surface area contributed by atoms with Gasteiger partial charge in [-0.1, -0.05) is 18.2 Å².